The van der Waals surface area contributed by atoms with Crippen LogP contribution in [0, 0.1) is 24.7 Å². The van der Waals surface area contributed by atoms with E-state index in [1.807, 2.05) is 48.5 Å². The molecular formula is C14H10Fe-6. The Morgan fingerprint density at radius 3 is 1.93 bits per heavy atom. The van der Waals surface area contributed by atoms with Crippen LogP contribution in [0.2, 0.25) is 0 Å². The van der Waals surface area contributed by atoms with Gasteiger partial charge >= 0.3 is 0 Å². The molecule has 0 bridgehead atoms. The molecule has 0 heterocycles. The Balaban J connectivity index is 0.000000280. The fraction of sp³-hybridized carbons (Fsp3) is 0. The van der Waals surface area contributed by atoms with E-state index in [1.165, 1.54) is 0 Å². The molecule has 0 aliphatic heterocycles. The minimum Gasteiger partial charge on any atom is -0.748 e. The van der Waals surface area contributed by atoms with Gasteiger partial charge in [0.15, 0.2) is 0 Å². The van der Waals surface area contributed by atoms with Gasteiger partial charge < -0.3 is 30.3 Å². The first kappa shape index (κ1) is 13.3. The van der Waals surface area contributed by atoms with Crippen molar-refractivity contribution in [3.63, 3.8) is 0 Å². The molecule has 0 spiro atoms. The normalized spacial score (nSPS) is 7.33. The van der Waals surface area contributed by atoms with Gasteiger partial charge in [0.2, 0.25) is 0 Å². The third-order valence-electron chi connectivity index (χ3n) is 1.68. The second kappa shape index (κ2) is 7.72. The Hall–Kier alpha value is -1.66. The van der Waals surface area contributed by atoms with E-state index in [1.54, 1.807) is 0 Å². The monoisotopic (exact) mass is 234 g/mol. The molecule has 0 N–H and O–H groups in total. The average molecular weight is 234 g/mol. The molecule has 0 radical (unpaired) electrons. The molecular weight excluding hydrogens is 224 g/mol. The van der Waals surface area contributed by atoms with Crippen molar-refractivity contribution in [3.8, 4) is 24.7 Å². The third kappa shape index (κ3) is 4.39. The Bertz CT molecular complexity index is 387. The zero-order valence-electron chi connectivity index (χ0n) is 8.13. The van der Waals surface area contributed by atoms with E-state index in [4.69, 9.17) is 12.8 Å². The summed E-state index contributed by atoms with van der Waals surface area (Å²) < 4.78 is 0. The van der Waals surface area contributed by atoms with Gasteiger partial charge in [-0.25, -0.2) is 6.42 Å². The van der Waals surface area contributed by atoms with Crippen LogP contribution in [0.1, 0.15) is 11.1 Å². The standard InChI is InChI=1S/C9H5.C5H5.Fe/c1-3-8-6-5-7-9(8)4-2;1-2-4-5-3-1;/h1-2,5-7H;1-5H;/q-1;-5;. The number of hydrogen-bond donors (Lipinski definition) is 0. The fourth-order valence-corrected chi connectivity index (χ4v) is 0.993. The van der Waals surface area contributed by atoms with Gasteiger partial charge in [0, 0.05) is 17.1 Å². The Morgan fingerprint density at radius 1 is 1.07 bits per heavy atom. The van der Waals surface area contributed by atoms with E-state index >= 15 is 0 Å². The van der Waals surface area contributed by atoms with Gasteiger partial charge in [0.05, 0.1) is 0 Å². The molecule has 0 saturated heterocycles. The summed E-state index contributed by atoms with van der Waals surface area (Å²) in [7, 11) is 0. The Morgan fingerprint density at radius 2 is 1.60 bits per heavy atom. The molecule has 0 atom stereocenters. The van der Waals surface area contributed by atoms with Crippen LogP contribution in [0.4, 0.5) is 0 Å². The van der Waals surface area contributed by atoms with Gasteiger partial charge in [0.25, 0.3) is 0 Å². The number of terminal acetylenes is 2. The van der Waals surface area contributed by atoms with E-state index in [0.717, 1.165) is 11.1 Å². The SMILES string of the molecule is C#Cc1ccc[c-]1C#C.[Fe].[cH-]1[cH-][cH-][cH-][cH-]1. The van der Waals surface area contributed by atoms with E-state index in [-0.39, 0.29) is 17.1 Å². The Labute approximate surface area is 102 Å². The molecule has 0 aromatic heterocycles. The molecule has 2 aromatic carbocycles. The van der Waals surface area contributed by atoms with Crippen molar-refractivity contribution in [2.45, 2.75) is 0 Å². The maximum atomic E-state index is 5.13. The van der Waals surface area contributed by atoms with Gasteiger partial charge in [-0.05, 0) is 5.56 Å². The largest absolute Gasteiger partial charge is 0.748 e. The summed E-state index contributed by atoms with van der Waals surface area (Å²) in [6.07, 6.45) is 10.3. The molecule has 80 valence electrons. The quantitative estimate of drug-likeness (QED) is 0.373. The van der Waals surface area contributed by atoms with Gasteiger partial charge in [-0.3, -0.25) is 0 Å². The molecule has 0 fully saturated rings. The van der Waals surface area contributed by atoms with Gasteiger partial charge in [-0.15, -0.1) is 12.1 Å². The molecule has 0 nitrogen and oxygen atoms in total. The van der Waals surface area contributed by atoms with Crippen molar-refractivity contribution in [3.05, 3.63) is 59.7 Å². The second-order valence-electron chi connectivity index (χ2n) is 2.60. The second-order valence-corrected chi connectivity index (χ2v) is 2.60. The van der Waals surface area contributed by atoms with Crippen LogP contribution in [0.3, 0.4) is 0 Å². The summed E-state index contributed by atoms with van der Waals surface area (Å²) in [5.74, 6) is 4.97. The molecule has 15 heavy (non-hydrogen) atoms. The van der Waals surface area contributed by atoms with Crippen LogP contribution >= 0.6 is 0 Å². The zero-order valence-corrected chi connectivity index (χ0v) is 9.23. The predicted molar refractivity (Wildman–Crippen MR) is 59.9 cm³/mol. The summed E-state index contributed by atoms with van der Waals surface area (Å²) in [6, 6.07) is 15.5. The first-order valence-corrected chi connectivity index (χ1v) is 4.24. The first-order valence-electron chi connectivity index (χ1n) is 4.24. The van der Waals surface area contributed by atoms with Crippen LogP contribution in [0.25, 0.3) is 0 Å². The van der Waals surface area contributed by atoms with Crippen molar-refractivity contribution in [2.24, 2.45) is 0 Å². The van der Waals surface area contributed by atoms with Gasteiger partial charge in [-0.2, -0.15) is 24.3 Å². The summed E-state index contributed by atoms with van der Waals surface area (Å²) in [5, 5.41) is 0. The maximum Gasteiger partial charge on any atom is 0 e. The van der Waals surface area contributed by atoms with Crippen molar-refractivity contribution in [1.29, 1.82) is 0 Å². The molecule has 0 aliphatic carbocycles. The van der Waals surface area contributed by atoms with Crippen LogP contribution in [-0.4, -0.2) is 0 Å². The average Bonchev–Trinajstić information content (AvgIpc) is 2.91. The van der Waals surface area contributed by atoms with Gasteiger partial charge in [0.1, 0.15) is 0 Å². The van der Waals surface area contributed by atoms with E-state index in [0.29, 0.717) is 0 Å². The third-order valence-corrected chi connectivity index (χ3v) is 1.68. The summed E-state index contributed by atoms with van der Waals surface area (Å²) in [6.45, 7) is 0. The summed E-state index contributed by atoms with van der Waals surface area (Å²) >= 11 is 0. The molecule has 2 rings (SSSR count). The van der Waals surface area contributed by atoms with Crippen molar-refractivity contribution < 1.29 is 17.1 Å². The van der Waals surface area contributed by atoms with Crippen molar-refractivity contribution in [2.75, 3.05) is 0 Å². The molecule has 0 saturated carbocycles. The maximum absolute atomic E-state index is 5.13. The van der Waals surface area contributed by atoms with Crippen LogP contribution in [-0.2, 0) is 17.1 Å². The fourth-order valence-electron chi connectivity index (χ4n) is 0.993. The van der Waals surface area contributed by atoms with Gasteiger partial charge in [-0.1, -0.05) is 5.56 Å². The Kier molecular flexibility index (Phi) is 6.86. The minimum absolute atomic E-state index is 0. The topological polar surface area (TPSA) is 0 Å². The molecule has 0 aliphatic rings. The molecule has 1 heteroatoms. The van der Waals surface area contributed by atoms with Crippen LogP contribution < -0.4 is 0 Å². The zero-order chi connectivity index (χ0) is 10.2. The predicted octanol–water partition coefficient (Wildman–Crippen LogP) is 2.77. The van der Waals surface area contributed by atoms with Crippen molar-refractivity contribution >= 4 is 0 Å². The van der Waals surface area contributed by atoms with E-state index < -0.39 is 0 Å². The van der Waals surface area contributed by atoms with E-state index in [2.05, 4.69) is 11.8 Å². The van der Waals surface area contributed by atoms with Crippen molar-refractivity contribution in [1.82, 2.24) is 0 Å². The minimum atomic E-state index is 0. The van der Waals surface area contributed by atoms with Crippen LogP contribution in [0.15, 0.2) is 48.5 Å². The summed E-state index contributed by atoms with van der Waals surface area (Å²) in [4.78, 5) is 0. The smallest absolute Gasteiger partial charge is 0 e. The van der Waals surface area contributed by atoms with E-state index in [9.17, 15) is 0 Å². The first-order chi connectivity index (χ1) is 6.88. The summed E-state index contributed by atoms with van der Waals surface area (Å²) in [5.41, 5.74) is 1.61. The molecule has 0 unspecified atom stereocenters. The molecule has 2 aromatic rings. The molecule has 0 amide bonds. The number of hydrogen-bond acceptors (Lipinski definition) is 0. The van der Waals surface area contributed by atoms with Crippen LogP contribution in [0.5, 0.6) is 0 Å². The number of rotatable bonds is 0.